The number of aliphatic hydroxyl groups is 2. The quantitative estimate of drug-likeness (QED) is 0.473. The van der Waals surface area contributed by atoms with E-state index < -0.39 is 5.60 Å². The van der Waals surface area contributed by atoms with Gasteiger partial charge in [0.1, 0.15) is 0 Å². The monoisotopic (exact) mass is 412 g/mol. The molecule has 168 valence electrons. The lowest BCUT2D eigenvalue weighted by molar-refractivity contribution is 0.0436. The average molecular weight is 413 g/mol. The first-order chi connectivity index (χ1) is 14.0. The van der Waals surface area contributed by atoms with Crippen molar-refractivity contribution in [3.8, 4) is 0 Å². The van der Waals surface area contributed by atoms with Gasteiger partial charge in [0.15, 0.2) is 0 Å². The second-order valence-electron chi connectivity index (χ2n) is 11.2. The standard InChI is InChI=1S/C28H44O2/c1-19-10-14-24(29)18-23(19)13-12-22-8-7-17-28(6)25(15-16-26(22)28)20(2)9-11-21(3)27(4,5)30/h8-9,11-13,20-21,24-26,29-30H,7,10,14-18H2,1-6H3/b11-9+,13-12-/t20-,21+,24+,25-,26+,28-/m1/s1. The number of rotatable bonds is 6. The van der Waals surface area contributed by atoms with E-state index in [1.807, 2.05) is 13.8 Å². The van der Waals surface area contributed by atoms with Crippen molar-refractivity contribution in [2.75, 3.05) is 0 Å². The molecule has 0 unspecified atom stereocenters. The van der Waals surface area contributed by atoms with Gasteiger partial charge in [-0.1, -0.05) is 56.7 Å². The maximum absolute atomic E-state index is 10.3. The molecule has 0 saturated heterocycles. The summed E-state index contributed by atoms with van der Waals surface area (Å²) in [5.74, 6) is 2.04. The zero-order chi connectivity index (χ0) is 22.1. The van der Waals surface area contributed by atoms with Crippen LogP contribution in [0.15, 0.2) is 47.1 Å². The van der Waals surface area contributed by atoms with Crippen LogP contribution in [0.1, 0.15) is 86.5 Å². The minimum atomic E-state index is -0.663. The Morgan fingerprint density at radius 3 is 2.57 bits per heavy atom. The van der Waals surface area contributed by atoms with Crippen molar-refractivity contribution in [2.24, 2.45) is 29.1 Å². The first-order valence-electron chi connectivity index (χ1n) is 12.2. The van der Waals surface area contributed by atoms with Gasteiger partial charge < -0.3 is 10.2 Å². The maximum atomic E-state index is 10.3. The van der Waals surface area contributed by atoms with Crippen LogP contribution in [0.4, 0.5) is 0 Å². The molecule has 0 bridgehead atoms. The molecule has 0 aromatic heterocycles. The Bertz CT molecular complexity index is 732. The van der Waals surface area contributed by atoms with Crippen LogP contribution in [0.3, 0.4) is 0 Å². The molecule has 3 aliphatic carbocycles. The summed E-state index contributed by atoms with van der Waals surface area (Å²) < 4.78 is 0. The topological polar surface area (TPSA) is 40.5 Å². The summed E-state index contributed by atoms with van der Waals surface area (Å²) >= 11 is 0. The van der Waals surface area contributed by atoms with Gasteiger partial charge >= 0.3 is 0 Å². The van der Waals surface area contributed by atoms with E-state index in [1.54, 1.807) is 0 Å². The second kappa shape index (κ2) is 9.17. The van der Waals surface area contributed by atoms with Crippen molar-refractivity contribution in [3.63, 3.8) is 0 Å². The molecule has 6 atom stereocenters. The molecule has 2 heteroatoms. The molecule has 0 aromatic carbocycles. The van der Waals surface area contributed by atoms with Gasteiger partial charge in [-0.15, -0.1) is 0 Å². The molecule has 3 aliphatic rings. The van der Waals surface area contributed by atoms with Gasteiger partial charge in [0.2, 0.25) is 0 Å². The predicted octanol–water partition coefficient (Wildman–Crippen LogP) is 6.76. The van der Waals surface area contributed by atoms with E-state index >= 15 is 0 Å². The third-order valence-corrected chi connectivity index (χ3v) is 8.66. The van der Waals surface area contributed by atoms with Gasteiger partial charge in [0, 0.05) is 5.92 Å². The Labute approximate surface area is 184 Å². The largest absolute Gasteiger partial charge is 0.393 e. The van der Waals surface area contributed by atoms with Crippen LogP contribution in [-0.4, -0.2) is 21.9 Å². The normalized spacial score (nSPS) is 35.1. The number of hydrogen-bond acceptors (Lipinski definition) is 2. The van der Waals surface area contributed by atoms with Crippen LogP contribution in [-0.2, 0) is 0 Å². The fourth-order valence-corrected chi connectivity index (χ4v) is 6.10. The van der Waals surface area contributed by atoms with Crippen LogP contribution in [0.2, 0.25) is 0 Å². The Morgan fingerprint density at radius 2 is 1.87 bits per heavy atom. The minimum absolute atomic E-state index is 0.164. The van der Waals surface area contributed by atoms with Crippen molar-refractivity contribution >= 4 is 0 Å². The molecule has 1 saturated carbocycles. The zero-order valence-electron chi connectivity index (χ0n) is 20.1. The fourth-order valence-electron chi connectivity index (χ4n) is 6.10. The maximum Gasteiger partial charge on any atom is 0.0651 e. The van der Waals surface area contributed by atoms with Gasteiger partial charge in [-0.05, 0) is 100 Å². The molecular weight excluding hydrogens is 368 g/mol. The van der Waals surface area contributed by atoms with E-state index in [0.29, 0.717) is 23.2 Å². The second-order valence-corrected chi connectivity index (χ2v) is 11.2. The summed E-state index contributed by atoms with van der Waals surface area (Å²) in [6, 6.07) is 0. The van der Waals surface area contributed by atoms with Crippen molar-refractivity contribution < 1.29 is 10.2 Å². The molecule has 2 N–H and O–H groups in total. The minimum Gasteiger partial charge on any atom is -0.393 e. The summed E-state index contributed by atoms with van der Waals surface area (Å²) in [6.07, 6.45) is 19.3. The van der Waals surface area contributed by atoms with Crippen LogP contribution in [0.5, 0.6) is 0 Å². The van der Waals surface area contributed by atoms with Gasteiger partial charge in [0.05, 0.1) is 11.7 Å². The molecule has 0 aliphatic heterocycles. The van der Waals surface area contributed by atoms with Gasteiger partial charge in [-0.25, -0.2) is 0 Å². The highest BCUT2D eigenvalue weighted by Crippen LogP contribution is 2.58. The van der Waals surface area contributed by atoms with E-state index in [2.05, 4.69) is 58.1 Å². The summed E-state index contributed by atoms with van der Waals surface area (Å²) in [5, 5.41) is 20.3. The molecule has 30 heavy (non-hydrogen) atoms. The van der Waals surface area contributed by atoms with E-state index in [0.717, 1.165) is 19.3 Å². The molecule has 0 amide bonds. The number of allylic oxidation sites excluding steroid dienone is 6. The molecule has 1 fully saturated rings. The van der Waals surface area contributed by atoms with Gasteiger partial charge in [-0.2, -0.15) is 0 Å². The fraction of sp³-hybridized carbons (Fsp3) is 0.714. The number of aliphatic hydroxyl groups excluding tert-OH is 1. The van der Waals surface area contributed by atoms with Crippen LogP contribution in [0.25, 0.3) is 0 Å². The summed E-state index contributed by atoms with van der Waals surface area (Å²) in [4.78, 5) is 0. The smallest absolute Gasteiger partial charge is 0.0651 e. The highest BCUT2D eigenvalue weighted by atomic mass is 16.3. The highest BCUT2D eigenvalue weighted by Gasteiger charge is 2.49. The molecule has 0 aromatic rings. The predicted molar refractivity (Wildman–Crippen MR) is 127 cm³/mol. The van der Waals surface area contributed by atoms with Crippen LogP contribution >= 0.6 is 0 Å². The van der Waals surface area contributed by atoms with Crippen molar-refractivity contribution in [3.05, 3.63) is 47.1 Å². The lowest BCUT2D eigenvalue weighted by atomic mass is 9.62. The first-order valence-corrected chi connectivity index (χ1v) is 12.2. The Kier molecular flexibility index (Phi) is 7.19. The van der Waals surface area contributed by atoms with Crippen LogP contribution in [0, 0.1) is 29.1 Å². The highest BCUT2D eigenvalue weighted by molar-refractivity contribution is 5.36. The van der Waals surface area contributed by atoms with Crippen molar-refractivity contribution in [1.29, 1.82) is 0 Å². The number of hydrogen-bond donors (Lipinski definition) is 2. The lowest BCUT2D eigenvalue weighted by Gasteiger charge is -2.42. The first kappa shape index (κ1) is 23.5. The van der Waals surface area contributed by atoms with Crippen LogP contribution < -0.4 is 0 Å². The van der Waals surface area contributed by atoms with E-state index in [4.69, 9.17) is 0 Å². The number of fused-ring (bicyclic) bond motifs is 1. The Morgan fingerprint density at radius 1 is 1.13 bits per heavy atom. The molecule has 0 radical (unpaired) electrons. The van der Waals surface area contributed by atoms with Gasteiger partial charge in [0.25, 0.3) is 0 Å². The van der Waals surface area contributed by atoms with Crippen molar-refractivity contribution in [1.82, 2.24) is 0 Å². The molecule has 0 heterocycles. The summed E-state index contributed by atoms with van der Waals surface area (Å²) in [6.45, 7) is 13.0. The zero-order valence-corrected chi connectivity index (χ0v) is 20.1. The van der Waals surface area contributed by atoms with E-state index in [1.165, 1.54) is 42.4 Å². The molecule has 3 rings (SSSR count). The van der Waals surface area contributed by atoms with Gasteiger partial charge in [-0.3, -0.25) is 0 Å². The Balaban J connectivity index is 1.73. The summed E-state index contributed by atoms with van der Waals surface area (Å²) in [5.41, 5.74) is 4.00. The SMILES string of the molecule is CC1=C(/C=C\C2=CCC[C@]3(C)[C@@H]([C@H](C)/C=C/[C@H](C)C(C)(C)O)CC[C@@H]23)C[C@@H](O)CC1. The Hall–Kier alpha value is -1.12. The molecule has 0 spiro atoms. The lowest BCUT2D eigenvalue weighted by Crippen LogP contribution is -2.34. The van der Waals surface area contributed by atoms with Crippen molar-refractivity contribution in [2.45, 2.75) is 98.2 Å². The average Bonchev–Trinajstić information content (AvgIpc) is 3.03. The van der Waals surface area contributed by atoms with E-state index in [-0.39, 0.29) is 12.0 Å². The third kappa shape index (κ3) is 5.02. The molecular formula is C28H44O2. The van der Waals surface area contributed by atoms with E-state index in [9.17, 15) is 10.2 Å². The summed E-state index contributed by atoms with van der Waals surface area (Å²) in [7, 11) is 0. The third-order valence-electron chi connectivity index (χ3n) is 8.66. The molecule has 2 nitrogen and oxygen atoms in total.